The van der Waals surface area contributed by atoms with Gasteiger partial charge in [-0.2, -0.15) is 0 Å². The number of anilines is 1. The zero-order valence-electron chi connectivity index (χ0n) is 18.8. The van der Waals surface area contributed by atoms with Crippen LogP contribution in [0.2, 0.25) is 0 Å². The van der Waals surface area contributed by atoms with Crippen molar-refractivity contribution in [3.05, 3.63) is 53.8 Å². The van der Waals surface area contributed by atoms with Gasteiger partial charge in [0.15, 0.2) is 17.5 Å². The molecule has 0 spiro atoms. The zero-order chi connectivity index (χ0) is 22.6. The van der Waals surface area contributed by atoms with Crippen molar-refractivity contribution in [2.45, 2.75) is 20.4 Å². The molecule has 1 saturated heterocycles. The quantitative estimate of drug-likeness (QED) is 0.530. The molecule has 2 aliphatic rings. The van der Waals surface area contributed by atoms with Crippen LogP contribution in [0.5, 0.6) is 11.5 Å². The molecular weight excluding hydrogens is 409 g/mol. The van der Waals surface area contributed by atoms with Crippen LogP contribution < -0.4 is 20.5 Å². The summed E-state index contributed by atoms with van der Waals surface area (Å²) in [6, 6.07) is 12.6. The van der Waals surface area contributed by atoms with Gasteiger partial charge in [0.1, 0.15) is 5.82 Å². The summed E-state index contributed by atoms with van der Waals surface area (Å²) in [4.78, 5) is 9.49. The highest BCUT2D eigenvalue weighted by molar-refractivity contribution is 5.93. The SMILES string of the molecule is CC(C)(CN)CN=C(Nc1cccc(F)c1)N1CCN(Cc2ccc3c(c2)OCO3)CC1. The van der Waals surface area contributed by atoms with Crippen molar-refractivity contribution in [2.75, 3.05) is 51.4 Å². The predicted molar refractivity (Wildman–Crippen MR) is 125 cm³/mol. The molecule has 4 rings (SSSR count). The number of benzene rings is 2. The summed E-state index contributed by atoms with van der Waals surface area (Å²) in [5.74, 6) is 2.12. The Labute approximate surface area is 189 Å². The number of halogens is 1. The smallest absolute Gasteiger partial charge is 0.231 e. The molecule has 0 unspecified atom stereocenters. The lowest BCUT2D eigenvalue weighted by Crippen LogP contribution is -2.50. The first-order chi connectivity index (χ1) is 15.4. The summed E-state index contributed by atoms with van der Waals surface area (Å²) in [5, 5.41) is 3.33. The van der Waals surface area contributed by atoms with Crippen LogP contribution >= 0.6 is 0 Å². The normalized spacial score (nSPS) is 17.0. The van der Waals surface area contributed by atoms with Crippen molar-refractivity contribution in [1.29, 1.82) is 0 Å². The van der Waals surface area contributed by atoms with E-state index in [4.69, 9.17) is 20.2 Å². The number of nitrogens with two attached hydrogens (primary N) is 1. The van der Waals surface area contributed by atoms with Gasteiger partial charge in [0, 0.05) is 45.0 Å². The molecule has 0 saturated carbocycles. The van der Waals surface area contributed by atoms with Gasteiger partial charge in [0.05, 0.1) is 0 Å². The second kappa shape index (κ2) is 9.75. The minimum atomic E-state index is -0.273. The molecule has 0 aromatic heterocycles. The topological polar surface area (TPSA) is 75.4 Å². The van der Waals surface area contributed by atoms with Crippen LogP contribution in [0.15, 0.2) is 47.5 Å². The molecule has 2 aliphatic heterocycles. The Morgan fingerprint density at radius 2 is 1.88 bits per heavy atom. The van der Waals surface area contributed by atoms with E-state index in [-0.39, 0.29) is 11.2 Å². The van der Waals surface area contributed by atoms with E-state index in [1.807, 2.05) is 12.1 Å². The summed E-state index contributed by atoms with van der Waals surface area (Å²) in [5.41, 5.74) is 7.69. The molecule has 0 radical (unpaired) electrons. The molecule has 1 fully saturated rings. The fourth-order valence-corrected chi connectivity index (χ4v) is 3.68. The van der Waals surface area contributed by atoms with E-state index in [0.717, 1.165) is 50.2 Å². The van der Waals surface area contributed by atoms with Crippen LogP contribution in [0.4, 0.5) is 10.1 Å². The molecule has 2 aromatic carbocycles. The molecule has 3 N–H and O–H groups in total. The monoisotopic (exact) mass is 441 g/mol. The Kier molecular flexibility index (Phi) is 6.81. The third-order valence-corrected chi connectivity index (χ3v) is 5.81. The number of nitrogens with zero attached hydrogens (tertiary/aromatic N) is 3. The van der Waals surface area contributed by atoms with Crippen molar-refractivity contribution in [3.8, 4) is 11.5 Å². The third kappa shape index (κ3) is 5.69. The maximum Gasteiger partial charge on any atom is 0.231 e. The average molecular weight is 442 g/mol. The van der Waals surface area contributed by atoms with Crippen molar-refractivity contribution >= 4 is 11.6 Å². The first-order valence-electron chi connectivity index (χ1n) is 11.0. The molecule has 0 bridgehead atoms. The Hall–Kier alpha value is -2.84. The lowest BCUT2D eigenvalue weighted by atomic mass is 9.94. The first-order valence-corrected chi connectivity index (χ1v) is 11.0. The molecular formula is C24H32FN5O2. The van der Waals surface area contributed by atoms with Gasteiger partial charge in [-0.3, -0.25) is 9.89 Å². The van der Waals surface area contributed by atoms with Crippen molar-refractivity contribution in [3.63, 3.8) is 0 Å². The Morgan fingerprint density at radius 1 is 1.09 bits per heavy atom. The summed E-state index contributed by atoms with van der Waals surface area (Å²) < 4.78 is 24.6. The molecule has 32 heavy (non-hydrogen) atoms. The van der Waals surface area contributed by atoms with E-state index >= 15 is 0 Å². The van der Waals surface area contributed by atoms with Gasteiger partial charge < -0.3 is 25.4 Å². The molecule has 2 heterocycles. The molecule has 0 atom stereocenters. The molecule has 7 nitrogen and oxygen atoms in total. The number of rotatable bonds is 6. The number of ether oxygens (including phenoxy) is 2. The highest BCUT2D eigenvalue weighted by atomic mass is 19.1. The van der Waals surface area contributed by atoms with E-state index in [9.17, 15) is 4.39 Å². The number of piperazine rings is 1. The maximum absolute atomic E-state index is 13.7. The number of hydrogen-bond acceptors (Lipinski definition) is 5. The Morgan fingerprint density at radius 3 is 2.62 bits per heavy atom. The van der Waals surface area contributed by atoms with Crippen molar-refractivity contribution in [2.24, 2.45) is 16.1 Å². The van der Waals surface area contributed by atoms with Gasteiger partial charge >= 0.3 is 0 Å². The number of aliphatic imine (C=N–C) groups is 1. The third-order valence-electron chi connectivity index (χ3n) is 5.81. The van der Waals surface area contributed by atoms with Crippen LogP contribution in [0.3, 0.4) is 0 Å². The lowest BCUT2D eigenvalue weighted by molar-refractivity contribution is 0.172. The van der Waals surface area contributed by atoms with Gasteiger partial charge in [-0.1, -0.05) is 26.0 Å². The molecule has 0 aliphatic carbocycles. The first kappa shape index (κ1) is 22.4. The summed E-state index contributed by atoms with van der Waals surface area (Å²) >= 11 is 0. The minimum absolute atomic E-state index is 0.101. The van der Waals surface area contributed by atoms with Gasteiger partial charge in [0.25, 0.3) is 0 Å². The van der Waals surface area contributed by atoms with E-state index in [1.54, 1.807) is 6.07 Å². The van der Waals surface area contributed by atoms with E-state index < -0.39 is 0 Å². The summed E-state index contributed by atoms with van der Waals surface area (Å²) in [6.45, 7) is 9.94. The Bertz CT molecular complexity index is 957. The lowest BCUT2D eigenvalue weighted by Gasteiger charge is -2.37. The molecule has 8 heteroatoms. The van der Waals surface area contributed by atoms with Crippen LogP contribution in [0, 0.1) is 11.2 Å². The fourth-order valence-electron chi connectivity index (χ4n) is 3.68. The zero-order valence-corrected chi connectivity index (χ0v) is 18.8. The molecule has 0 amide bonds. The summed E-state index contributed by atoms with van der Waals surface area (Å²) in [7, 11) is 0. The molecule has 2 aromatic rings. The molecule has 172 valence electrons. The summed E-state index contributed by atoms with van der Waals surface area (Å²) in [6.07, 6.45) is 0. The second-order valence-electron chi connectivity index (χ2n) is 9.09. The van der Waals surface area contributed by atoms with E-state index in [2.05, 4.69) is 41.1 Å². The number of hydrogen-bond donors (Lipinski definition) is 2. The Balaban J connectivity index is 1.40. The maximum atomic E-state index is 13.7. The van der Waals surface area contributed by atoms with Crippen molar-refractivity contribution < 1.29 is 13.9 Å². The standard InChI is InChI=1S/C24H32FN5O2/c1-24(2,15-26)16-27-23(28-20-5-3-4-19(25)13-20)30-10-8-29(9-11-30)14-18-6-7-21-22(12-18)32-17-31-21/h3-7,12-13H,8-11,14-17,26H2,1-2H3,(H,27,28). The number of nitrogens with one attached hydrogen (secondary N) is 1. The highest BCUT2D eigenvalue weighted by Crippen LogP contribution is 2.32. The predicted octanol–water partition coefficient (Wildman–Crippen LogP) is 3.13. The van der Waals surface area contributed by atoms with Crippen LogP contribution in [-0.4, -0.2) is 61.8 Å². The van der Waals surface area contributed by atoms with Gasteiger partial charge in [0.2, 0.25) is 6.79 Å². The van der Waals surface area contributed by atoms with Crippen LogP contribution in [-0.2, 0) is 6.54 Å². The average Bonchev–Trinajstić information content (AvgIpc) is 3.25. The van der Waals surface area contributed by atoms with E-state index in [0.29, 0.717) is 25.6 Å². The van der Waals surface area contributed by atoms with Gasteiger partial charge in [-0.25, -0.2) is 4.39 Å². The highest BCUT2D eigenvalue weighted by Gasteiger charge is 2.23. The van der Waals surface area contributed by atoms with Crippen LogP contribution in [0.1, 0.15) is 19.4 Å². The van der Waals surface area contributed by atoms with Gasteiger partial charge in [-0.15, -0.1) is 0 Å². The second-order valence-corrected chi connectivity index (χ2v) is 9.09. The number of guanidine groups is 1. The largest absolute Gasteiger partial charge is 0.454 e. The van der Waals surface area contributed by atoms with Crippen molar-refractivity contribution in [1.82, 2.24) is 9.80 Å². The fraction of sp³-hybridized carbons (Fsp3) is 0.458. The van der Waals surface area contributed by atoms with Gasteiger partial charge in [-0.05, 0) is 47.9 Å². The van der Waals surface area contributed by atoms with Crippen LogP contribution in [0.25, 0.3) is 0 Å². The number of fused-ring (bicyclic) bond motifs is 1. The minimum Gasteiger partial charge on any atom is -0.454 e. The van der Waals surface area contributed by atoms with E-state index in [1.165, 1.54) is 17.7 Å².